The number of nitrogens with one attached hydrogen (secondary N) is 2. The molecule has 0 aliphatic heterocycles. The zero-order valence-electron chi connectivity index (χ0n) is 11.2. The topological polar surface area (TPSA) is 97.1 Å². The third kappa shape index (κ3) is 3.93. The summed E-state index contributed by atoms with van der Waals surface area (Å²) >= 11 is 5.92. The summed E-state index contributed by atoms with van der Waals surface area (Å²) in [6.07, 6.45) is 0. The zero-order valence-corrected chi connectivity index (χ0v) is 11.9. The van der Waals surface area contributed by atoms with Crippen molar-refractivity contribution in [2.75, 3.05) is 16.4 Å². The Bertz CT molecular complexity index is 703. The van der Waals surface area contributed by atoms with Crippen LogP contribution in [0.1, 0.15) is 5.69 Å². The number of benzene rings is 1. The summed E-state index contributed by atoms with van der Waals surface area (Å²) in [6.45, 7) is 1.78. The summed E-state index contributed by atoms with van der Waals surface area (Å²) in [4.78, 5) is 27.7. The number of aromatic nitrogens is 1. The van der Waals surface area contributed by atoms with Gasteiger partial charge >= 0.3 is 11.8 Å². The molecular weight excluding hydrogens is 292 g/mol. The van der Waals surface area contributed by atoms with Crippen molar-refractivity contribution in [3.05, 3.63) is 47.1 Å². The number of hydrogen-bond donors (Lipinski definition) is 3. The largest absolute Gasteiger partial charge is 0.399 e. The van der Waals surface area contributed by atoms with Gasteiger partial charge in [-0.25, -0.2) is 4.98 Å². The molecule has 0 unspecified atom stereocenters. The first kappa shape index (κ1) is 14.8. The standard InChI is InChI=1S/C14H13ClN4O2/c1-8-3-2-4-12(17-8)19-14(21)13(20)18-11-6-5-9(16)7-10(11)15/h2-7H,16H2,1H3,(H,18,20)(H,17,19,21). The molecule has 2 amide bonds. The Kier molecular flexibility index (Phi) is 4.39. The van der Waals surface area contributed by atoms with Crippen molar-refractivity contribution in [3.8, 4) is 0 Å². The lowest BCUT2D eigenvalue weighted by molar-refractivity contribution is -0.133. The Labute approximate surface area is 126 Å². The van der Waals surface area contributed by atoms with E-state index >= 15 is 0 Å². The molecule has 0 radical (unpaired) electrons. The number of amides is 2. The van der Waals surface area contributed by atoms with Crippen LogP contribution in [0.5, 0.6) is 0 Å². The molecule has 1 aromatic carbocycles. The van der Waals surface area contributed by atoms with Crippen molar-refractivity contribution in [3.63, 3.8) is 0 Å². The molecule has 0 fully saturated rings. The molecule has 21 heavy (non-hydrogen) atoms. The average molecular weight is 305 g/mol. The van der Waals surface area contributed by atoms with E-state index in [1.165, 1.54) is 12.1 Å². The number of carbonyl (C=O) groups is 2. The minimum absolute atomic E-state index is 0.254. The van der Waals surface area contributed by atoms with Crippen molar-refractivity contribution in [1.82, 2.24) is 4.98 Å². The van der Waals surface area contributed by atoms with Gasteiger partial charge < -0.3 is 16.4 Å². The van der Waals surface area contributed by atoms with Gasteiger partial charge in [0.1, 0.15) is 5.82 Å². The molecule has 1 heterocycles. The summed E-state index contributed by atoms with van der Waals surface area (Å²) < 4.78 is 0. The maximum Gasteiger partial charge on any atom is 0.315 e. The van der Waals surface area contributed by atoms with Gasteiger partial charge in [-0.2, -0.15) is 0 Å². The van der Waals surface area contributed by atoms with Crippen LogP contribution in [0, 0.1) is 6.92 Å². The number of nitrogens with two attached hydrogens (primary N) is 1. The number of nitrogens with zero attached hydrogens (tertiary/aromatic N) is 1. The fourth-order valence-electron chi connectivity index (χ4n) is 1.60. The molecule has 6 nitrogen and oxygen atoms in total. The van der Waals surface area contributed by atoms with Gasteiger partial charge in [0, 0.05) is 11.4 Å². The summed E-state index contributed by atoms with van der Waals surface area (Å²) in [7, 11) is 0. The highest BCUT2D eigenvalue weighted by atomic mass is 35.5. The number of pyridine rings is 1. The lowest BCUT2D eigenvalue weighted by atomic mass is 10.3. The van der Waals surface area contributed by atoms with Gasteiger partial charge in [-0.3, -0.25) is 9.59 Å². The molecule has 4 N–H and O–H groups in total. The lowest BCUT2D eigenvalue weighted by Gasteiger charge is -2.08. The second-order valence-corrected chi connectivity index (χ2v) is 4.72. The summed E-state index contributed by atoms with van der Waals surface area (Å²) in [5, 5.41) is 5.06. The molecule has 0 atom stereocenters. The number of carbonyl (C=O) groups excluding carboxylic acids is 2. The summed E-state index contributed by atoms with van der Waals surface area (Å²) in [5.74, 6) is -1.37. The van der Waals surface area contributed by atoms with Crippen LogP contribution in [-0.2, 0) is 9.59 Å². The third-order valence-corrected chi connectivity index (χ3v) is 2.89. The van der Waals surface area contributed by atoms with Gasteiger partial charge in [-0.1, -0.05) is 17.7 Å². The maximum atomic E-state index is 11.8. The first-order chi connectivity index (χ1) is 9.95. The molecular formula is C14H13ClN4O2. The van der Waals surface area contributed by atoms with Crippen LogP contribution in [0.15, 0.2) is 36.4 Å². The van der Waals surface area contributed by atoms with E-state index in [1.807, 2.05) is 0 Å². The van der Waals surface area contributed by atoms with Crippen molar-refractivity contribution in [2.24, 2.45) is 0 Å². The van der Waals surface area contributed by atoms with Crippen LogP contribution < -0.4 is 16.4 Å². The number of aryl methyl sites for hydroxylation is 1. The van der Waals surface area contributed by atoms with E-state index in [4.69, 9.17) is 17.3 Å². The molecule has 0 saturated heterocycles. The van der Waals surface area contributed by atoms with Crippen LogP contribution in [0.3, 0.4) is 0 Å². The highest BCUT2D eigenvalue weighted by Gasteiger charge is 2.15. The Morgan fingerprint density at radius 2 is 1.86 bits per heavy atom. The van der Waals surface area contributed by atoms with Crippen LogP contribution in [0.2, 0.25) is 5.02 Å². The zero-order chi connectivity index (χ0) is 15.4. The smallest absolute Gasteiger partial charge is 0.315 e. The van der Waals surface area contributed by atoms with Crippen LogP contribution in [-0.4, -0.2) is 16.8 Å². The quantitative estimate of drug-likeness (QED) is 0.585. The molecule has 0 saturated carbocycles. The van der Waals surface area contributed by atoms with E-state index in [0.29, 0.717) is 17.2 Å². The average Bonchev–Trinajstić information content (AvgIpc) is 2.41. The van der Waals surface area contributed by atoms with Crippen molar-refractivity contribution < 1.29 is 9.59 Å². The molecule has 0 aliphatic carbocycles. The number of nitrogen functional groups attached to an aromatic ring is 1. The van der Waals surface area contributed by atoms with Gasteiger partial charge in [0.2, 0.25) is 0 Å². The molecule has 108 valence electrons. The first-order valence-electron chi connectivity index (χ1n) is 6.07. The monoisotopic (exact) mass is 304 g/mol. The van der Waals surface area contributed by atoms with E-state index in [0.717, 1.165) is 5.69 Å². The highest BCUT2D eigenvalue weighted by Crippen LogP contribution is 2.23. The van der Waals surface area contributed by atoms with E-state index in [1.54, 1.807) is 31.2 Å². The summed E-state index contributed by atoms with van der Waals surface area (Å²) in [6, 6.07) is 9.68. The fraction of sp³-hybridized carbons (Fsp3) is 0.0714. The number of halogens is 1. The third-order valence-electron chi connectivity index (χ3n) is 2.58. The van der Waals surface area contributed by atoms with E-state index < -0.39 is 11.8 Å². The molecule has 7 heteroatoms. The second-order valence-electron chi connectivity index (χ2n) is 4.31. The fourth-order valence-corrected chi connectivity index (χ4v) is 1.83. The van der Waals surface area contributed by atoms with Crippen molar-refractivity contribution in [2.45, 2.75) is 6.92 Å². The number of rotatable bonds is 2. The van der Waals surface area contributed by atoms with Crippen LogP contribution in [0.25, 0.3) is 0 Å². The van der Waals surface area contributed by atoms with E-state index in [9.17, 15) is 9.59 Å². The predicted molar refractivity (Wildman–Crippen MR) is 82.1 cm³/mol. The van der Waals surface area contributed by atoms with Gasteiger partial charge in [0.15, 0.2) is 0 Å². The van der Waals surface area contributed by atoms with Crippen molar-refractivity contribution >= 4 is 40.6 Å². The SMILES string of the molecule is Cc1cccc(NC(=O)C(=O)Nc2ccc(N)cc2Cl)n1. The van der Waals surface area contributed by atoms with E-state index in [-0.39, 0.29) is 5.02 Å². The highest BCUT2D eigenvalue weighted by molar-refractivity contribution is 6.44. The Morgan fingerprint density at radius 1 is 1.14 bits per heavy atom. The molecule has 1 aromatic heterocycles. The Hall–Kier alpha value is -2.60. The maximum absolute atomic E-state index is 11.8. The predicted octanol–water partition coefficient (Wildman–Crippen LogP) is 2.20. The second kappa shape index (κ2) is 6.23. The van der Waals surface area contributed by atoms with Crippen LogP contribution >= 0.6 is 11.6 Å². The molecule has 0 bridgehead atoms. The lowest BCUT2D eigenvalue weighted by Crippen LogP contribution is -2.29. The minimum Gasteiger partial charge on any atom is -0.399 e. The van der Waals surface area contributed by atoms with Gasteiger partial charge in [0.25, 0.3) is 0 Å². The van der Waals surface area contributed by atoms with Crippen LogP contribution in [0.4, 0.5) is 17.2 Å². The molecule has 0 spiro atoms. The van der Waals surface area contributed by atoms with Gasteiger partial charge in [0.05, 0.1) is 10.7 Å². The molecule has 2 aromatic rings. The molecule has 2 rings (SSSR count). The number of hydrogen-bond acceptors (Lipinski definition) is 4. The Morgan fingerprint density at radius 3 is 2.52 bits per heavy atom. The van der Waals surface area contributed by atoms with Gasteiger partial charge in [-0.05, 0) is 37.3 Å². The minimum atomic E-state index is -0.843. The van der Waals surface area contributed by atoms with Crippen molar-refractivity contribution in [1.29, 1.82) is 0 Å². The normalized spacial score (nSPS) is 10.0. The van der Waals surface area contributed by atoms with E-state index in [2.05, 4.69) is 15.6 Å². The number of anilines is 3. The van der Waals surface area contributed by atoms with Gasteiger partial charge in [-0.15, -0.1) is 0 Å². The Balaban J connectivity index is 2.04. The first-order valence-corrected chi connectivity index (χ1v) is 6.44. The summed E-state index contributed by atoms with van der Waals surface area (Å²) in [5.41, 5.74) is 7.05. The molecule has 0 aliphatic rings.